The molecule has 1 aliphatic carbocycles. The fourth-order valence-corrected chi connectivity index (χ4v) is 2.41. The van der Waals surface area contributed by atoms with Crippen LogP contribution in [0, 0.1) is 0 Å². The third kappa shape index (κ3) is 3.63. The Morgan fingerprint density at radius 3 is 2.46 bits per heavy atom. The molecule has 0 fully saturated rings. The smallest absolute Gasteiger partial charge is 0.316 e. The van der Waals surface area contributed by atoms with Gasteiger partial charge in [0.25, 0.3) is 0 Å². The molecule has 122 valence electrons. The molecule has 0 radical (unpaired) electrons. The van der Waals surface area contributed by atoms with Crippen molar-refractivity contribution in [2.45, 2.75) is 13.3 Å². The van der Waals surface area contributed by atoms with E-state index in [2.05, 4.69) is 4.74 Å². The maximum atomic E-state index is 12.0. The molecule has 24 heavy (non-hydrogen) atoms. The second-order valence-corrected chi connectivity index (χ2v) is 5.24. The van der Waals surface area contributed by atoms with Gasteiger partial charge in [-0.15, -0.1) is 0 Å². The lowest BCUT2D eigenvalue weighted by atomic mass is 10.0. The summed E-state index contributed by atoms with van der Waals surface area (Å²) in [5.74, 6) is 0.184. The number of hydrogen-bond acceptors (Lipinski definition) is 5. The summed E-state index contributed by atoms with van der Waals surface area (Å²) in [5.41, 5.74) is 2.75. The minimum Gasteiger partial charge on any atom is -0.460 e. The fourth-order valence-electron chi connectivity index (χ4n) is 2.41. The summed E-state index contributed by atoms with van der Waals surface area (Å²) in [7, 11) is 0. The number of hydrogen-bond donors (Lipinski definition) is 0. The molecule has 0 spiro atoms. The van der Waals surface area contributed by atoms with E-state index in [1.165, 1.54) is 6.92 Å². The Balaban J connectivity index is 1.87. The van der Waals surface area contributed by atoms with E-state index in [4.69, 9.17) is 9.15 Å². The maximum Gasteiger partial charge on any atom is 0.316 e. The molecule has 1 heterocycles. The highest BCUT2D eigenvalue weighted by Crippen LogP contribution is 2.33. The number of carbonyl (C=O) groups is 2. The van der Waals surface area contributed by atoms with Gasteiger partial charge >= 0.3 is 11.9 Å². The molecule has 1 aliphatic heterocycles. The second-order valence-electron chi connectivity index (χ2n) is 5.24. The van der Waals surface area contributed by atoms with Crippen molar-refractivity contribution in [1.82, 2.24) is 0 Å². The van der Waals surface area contributed by atoms with Gasteiger partial charge in [-0.1, -0.05) is 42.5 Å². The average Bonchev–Trinajstić information content (AvgIpc) is 3.02. The van der Waals surface area contributed by atoms with Gasteiger partial charge in [0.05, 0.1) is 0 Å². The van der Waals surface area contributed by atoms with Gasteiger partial charge in [0.15, 0.2) is 0 Å². The van der Waals surface area contributed by atoms with Crippen molar-refractivity contribution in [2.75, 3.05) is 6.79 Å². The number of ether oxygens (including phenoxy) is 2. The Bertz CT molecular complexity index is 819. The largest absolute Gasteiger partial charge is 0.460 e. The molecule has 5 heteroatoms. The van der Waals surface area contributed by atoms with Crippen LogP contribution in [-0.2, 0) is 25.5 Å². The molecule has 0 saturated carbocycles. The van der Waals surface area contributed by atoms with E-state index >= 15 is 0 Å². The number of carbonyl (C=O) groups excluding carboxylic acids is 2. The van der Waals surface area contributed by atoms with E-state index < -0.39 is 18.7 Å². The Hall–Kier alpha value is -3.08. The standard InChI is InChI=1S/C19H16O5/c1-13(20)22-12-23-19(21)11-18-16(14-6-3-2-4-7-14)10-15-8-5-9-17(15)24-18/h2-10H,11-12H2,1H3. The van der Waals surface area contributed by atoms with Crippen molar-refractivity contribution in [3.63, 3.8) is 0 Å². The molecule has 5 nitrogen and oxygen atoms in total. The van der Waals surface area contributed by atoms with Crippen molar-refractivity contribution >= 4 is 11.9 Å². The molecule has 0 aromatic heterocycles. The third-order valence-corrected chi connectivity index (χ3v) is 3.51. The van der Waals surface area contributed by atoms with Gasteiger partial charge in [-0.05, 0) is 17.7 Å². The minimum absolute atomic E-state index is 0.0490. The molecule has 0 atom stereocenters. The lowest BCUT2D eigenvalue weighted by molar-refractivity contribution is -0.165. The lowest BCUT2D eigenvalue weighted by Crippen LogP contribution is -2.13. The topological polar surface area (TPSA) is 65.7 Å². The first-order valence-electron chi connectivity index (χ1n) is 7.49. The van der Waals surface area contributed by atoms with Crippen LogP contribution in [0.4, 0.5) is 0 Å². The first-order chi connectivity index (χ1) is 11.6. The van der Waals surface area contributed by atoms with E-state index in [1.807, 2.05) is 54.6 Å². The zero-order chi connectivity index (χ0) is 16.9. The van der Waals surface area contributed by atoms with E-state index in [-0.39, 0.29) is 6.42 Å². The predicted octanol–water partition coefficient (Wildman–Crippen LogP) is 3.66. The zero-order valence-corrected chi connectivity index (χ0v) is 13.2. The molecule has 0 unspecified atom stereocenters. The van der Waals surface area contributed by atoms with Gasteiger partial charge in [-0.25, -0.2) is 0 Å². The normalized spacial score (nSPS) is 10.5. The van der Waals surface area contributed by atoms with Gasteiger partial charge < -0.3 is 13.9 Å². The van der Waals surface area contributed by atoms with Crippen LogP contribution in [0.1, 0.15) is 12.7 Å². The van der Waals surface area contributed by atoms with Crippen LogP contribution in [0.2, 0.25) is 0 Å². The quantitative estimate of drug-likeness (QED) is 0.529. The summed E-state index contributed by atoms with van der Waals surface area (Å²) in [4.78, 5) is 22.7. The van der Waals surface area contributed by atoms with Crippen LogP contribution >= 0.6 is 0 Å². The number of rotatable bonds is 5. The van der Waals surface area contributed by atoms with E-state index in [0.29, 0.717) is 11.5 Å². The molecule has 3 rings (SSSR count). The highest BCUT2D eigenvalue weighted by atomic mass is 16.7. The molecule has 2 aliphatic rings. The highest BCUT2D eigenvalue weighted by molar-refractivity contribution is 5.79. The summed E-state index contributed by atoms with van der Waals surface area (Å²) in [5, 5.41) is 0. The van der Waals surface area contributed by atoms with Crippen molar-refractivity contribution in [2.24, 2.45) is 0 Å². The summed E-state index contributed by atoms with van der Waals surface area (Å²) in [6.45, 7) is 0.855. The van der Waals surface area contributed by atoms with Crippen LogP contribution in [0.3, 0.4) is 0 Å². The summed E-state index contributed by atoms with van der Waals surface area (Å²) in [6, 6.07) is 17.4. The Morgan fingerprint density at radius 1 is 0.958 bits per heavy atom. The summed E-state index contributed by atoms with van der Waals surface area (Å²) < 4.78 is 15.4. The summed E-state index contributed by atoms with van der Waals surface area (Å²) >= 11 is 0. The van der Waals surface area contributed by atoms with Crippen molar-refractivity contribution in [1.29, 1.82) is 0 Å². The Kier molecular flexibility index (Phi) is 4.61. The average molecular weight is 324 g/mol. The van der Waals surface area contributed by atoms with Crippen molar-refractivity contribution in [3.05, 3.63) is 60.4 Å². The SMILES string of the molecule is CC(=O)OCOC(=O)Cc1oc2cccc-2cc1-c1ccccc1. The minimum atomic E-state index is -0.525. The van der Waals surface area contributed by atoms with Gasteiger partial charge in [0.2, 0.25) is 6.79 Å². The van der Waals surface area contributed by atoms with Gasteiger partial charge in [0, 0.05) is 18.1 Å². The Labute approximate surface area is 139 Å². The van der Waals surface area contributed by atoms with E-state index in [0.717, 1.165) is 16.7 Å². The van der Waals surface area contributed by atoms with Crippen molar-refractivity contribution < 1.29 is 23.5 Å². The lowest BCUT2D eigenvalue weighted by Gasteiger charge is -2.12. The molecule has 0 amide bonds. The first-order valence-corrected chi connectivity index (χ1v) is 7.49. The number of fused-ring (bicyclic) bond motifs is 1. The molecule has 0 N–H and O–H groups in total. The molecule has 1 aromatic rings. The van der Waals surface area contributed by atoms with Crippen LogP contribution in [0.15, 0.2) is 59.0 Å². The molecule has 0 bridgehead atoms. The van der Waals surface area contributed by atoms with Crippen LogP contribution in [-0.4, -0.2) is 18.7 Å². The highest BCUT2D eigenvalue weighted by Gasteiger charge is 2.17. The molecule has 0 saturated heterocycles. The van der Waals surface area contributed by atoms with Gasteiger partial charge in [-0.2, -0.15) is 0 Å². The second kappa shape index (κ2) is 7.00. The predicted molar refractivity (Wildman–Crippen MR) is 87.2 cm³/mol. The maximum absolute atomic E-state index is 12.0. The monoisotopic (exact) mass is 324 g/mol. The summed E-state index contributed by atoms with van der Waals surface area (Å²) in [6.07, 6.45) is -0.0490. The molecular weight excluding hydrogens is 308 g/mol. The van der Waals surface area contributed by atoms with Gasteiger partial charge in [-0.3, -0.25) is 9.59 Å². The van der Waals surface area contributed by atoms with Crippen LogP contribution in [0.25, 0.3) is 22.5 Å². The van der Waals surface area contributed by atoms with Crippen LogP contribution < -0.4 is 0 Å². The van der Waals surface area contributed by atoms with E-state index in [9.17, 15) is 9.59 Å². The van der Waals surface area contributed by atoms with Crippen molar-refractivity contribution in [3.8, 4) is 22.5 Å². The third-order valence-electron chi connectivity index (χ3n) is 3.51. The van der Waals surface area contributed by atoms with Gasteiger partial charge in [0.1, 0.15) is 17.9 Å². The zero-order valence-electron chi connectivity index (χ0n) is 13.2. The van der Waals surface area contributed by atoms with E-state index in [1.54, 1.807) is 0 Å². The Morgan fingerprint density at radius 2 is 1.71 bits per heavy atom. The molecule has 1 aromatic carbocycles. The number of esters is 2. The number of benzene rings is 1. The first kappa shape index (κ1) is 15.8. The fraction of sp³-hybridized carbons (Fsp3) is 0.158. The molecular formula is C19H16O5. The van der Waals surface area contributed by atoms with Crippen LogP contribution in [0.5, 0.6) is 0 Å².